The van der Waals surface area contributed by atoms with E-state index >= 15 is 0 Å². The van der Waals surface area contributed by atoms with Gasteiger partial charge < -0.3 is 20.4 Å². The quantitative estimate of drug-likeness (QED) is 0.585. The first-order valence-electron chi connectivity index (χ1n) is 10.3. The van der Waals surface area contributed by atoms with Gasteiger partial charge in [-0.15, -0.1) is 11.3 Å². The highest BCUT2D eigenvalue weighted by molar-refractivity contribution is 7.13. The molecular weight excluding hydrogens is 414 g/mol. The maximum atomic E-state index is 12.9. The van der Waals surface area contributed by atoms with Crippen LogP contribution >= 0.6 is 11.3 Å². The van der Waals surface area contributed by atoms with E-state index in [9.17, 15) is 14.4 Å². The summed E-state index contributed by atoms with van der Waals surface area (Å²) in [4.78, 5) is 45.4. The number of anilines is 1. The first-order valence-corrected chi connectivity index (χ1v) is 11.2. The van der Waals surface area contributed by atoms with Crippen molar-refractivity contribution >= 4 is 34.2 Å². The summed E-state index contributed by atoms with van der Waals surface area (Å²) < 4.78 is 0. The molecule has 31 heavy (non-hydrogen) atoms. The lowest BCUT2D eigenvalue weighted by Gasteiger charge is -2.21. The molecule has 1 saturated carbocycles. The number of aromatic nitrogens is 1. The molecule has 1 fully saturated rings. The molecule has 8 nitrogen and oxygen atoms in total. The average molecular weight is 444 g/mol. The van der Waals surface area contributed by atoms with Crippen molar-refractivity contribution in [2.75, 3.05) is 39.0 Å². The highest BCUT2D eigenvalue weighted by atomic mass is 32.1. The molecule has 0 radical (unpaired) electrons. The van der Waals surface area contributed by atoms with Gasteiger partial charge >= 0.3 is 0 Å². The number of nitrogens with one attached hydrogen (secondary N) is 2. The fourth-order valence-corrected chi connectivity index (χ4v) is 3.75. The molecule has 9 heteroatoms. The van der Waals surface area contributed by atoms with Crippen molar-refractivity contribution in [2.45, 2.75) is 32.2 Å². The second-order valence-electron chi connectivity index (χ2n) is 8.05. The molecule has 1 aromatic heterocycles. The molecule has 0 spiro atoms. The molecule has 2 aromatic rings. The summed E-state index contributed by atoms with van der Waals surface area (Å²) in [7, 11) is 3.89. The molecule has 3 amide bonds. The van der Waals surface area contributed by atoms with E-state index in [0.717, 1.165) is 24.9 Å². The molecule has 0 bridgehead atoms. The Balaban J connectivity index is 1.52. The number of hydrogen-bond donors (Lipinski definition) is 2. The molecule has 0 aliphatic heterocycles. The number of carbonyl (C=O) groups excluding carboxylic acids is 3. The van der Waals surface area contributed by atoms with Crippen LogP contribution in [0.2, 0.25) is 0 Å². The monoisotopic (exact) mass is 443 g/mol. The Morgan fingerprint density at radius 3 is 2.48 bits per heavy atom. The number of nitrogens with zero attached hydrogens (tertiary/aromatic N) is 3. The lowest BCUT2D eigenvalue weighted by Crippen LogP contribution is -2.39. The summed E-state index contributed by atoms with van der Waals surface area (Å²) in [6, 6.07) is 7.49. The van der Waals surface area contributed by atoms with Crippen LogP contribution in [0.4, 0.5) is 5.13 Å². The molecule has 0 unspecified atom stereocenters. The van der Waals surface area contributed by atoms with E-state index in [2.05, 4.69) is 15.6 Å². The van der Waals surface area contributed by atoms with Gasteiger partial charge in [0.15, 0.2) is 5.13 Å². The number of thiazole rings is 1. The predicted molar refractivity (Wildman–Crippen MR) is 121 cm³/mol. The summed E-state index contributed by atoms with van der Waals surface area (Å²) >= 11 is 1.27. The number of aryl methyl sites for hydroxylation is 1. The van der Waals surface area contributed by atoms with Crippen LogP contribution < -0.4 is 10.6 Å². The second kappa shape index (κ2) is 10.5. The maximum Gasteiger partial charge on any atom is 0.254 e. The number of amides is 3. The normalized spacial score (nSPS) is 13.2. The molecule has 3 rings (SSSR count). The molecule has 1 aliphatic carbocycles. The van der Waals surface area contributed by atoms with Crippen molar-refractivity contribution in [1.82, 2.24) is 20.1 Å². The Hall–Kier alpha value is -2.78. The Bertz CT molecular complexity index is 921. The number of likely N-dealkylation sites (N-methyl/N-ethyl adjacent to an activating group) is 1. The predicted octanol–water partition coefficient (Wildman–Crippen LogP) is 1.92. The molecule has 1 heterocycles. The van der Waals surface area contributed by atoms with Crippen molar-refractivity contribution in [3.63, 3.8) is 0 Å². The number of rotatable bonds is 10. The molecular formula is C22H29N5O3S. The number of hydrogen-bond acceptors (Lipinski definition) is 6. The average Bonchev–Trinajstić information content (AvgIpc) is 3.47. The van der Waals surface area contributed by atoms with Crippen LogP contribution in [0.5, 0.6) is 0 Å². The Kier molecular flexibility index (Phi) is 7.75. The number of benzene rings is 1. The Morgan fingerprint density at radius 1 is 1.13 bits per heavy atom. The fraction of sp³-hybridized carbons (Fsp3) is 0.455. The minimum absolute atomic E-state index is 0.0166. The van der Waals surface area contributed by atoms with Crippen molar-refractivity contribution in [2.24, 2.45) is 0 Å². The van der Waals surface area contributed by atoms with Crippen LogP contribution in [0, 0.1) is 6.92 Å². The standard InChI is InChI=1S/C22H29N5O3S/c1-15-4-6-16(7-5-15)21(30)27(18-8-9-18)13-20(29)25-22-24-17(14-31-22)12-19(28)23-10-11-26(2)3/h4-7,14,18H,8-13H2,1-3H3,(H,23,28)(H,24,25,29). The third kappa shape index (κ3) is 7.15. The van der Waals surface area contributed by atoms with Gasteiger partial charge in [0.2, 0.25) is 11.8 Å². The van der Waals surface area contributed by atoms with Gasteiger partial charge in [0.1, 0.15) is 6.54 Å². The third-order valence-electron chi connectivity index (χ3n) is 4.88. The largest absolute Gasteiger partial charge is 0.354 e. The van der Waals surface area contributed by atoms with Gasteiger partial charge in [-0.3, -0.25) is 14.4 Å². The molecule has 1 aliphatic rings. The van der Waals surface area contributed by atoms with Crippen LogP contribution in [-0.4, -0.2) is 72.3 Å². The van der Waals surface area contributed by atoms with Gasteiger partial charge in [0, 0.05) is 30.1 Å². The van der Waals surface area contributed by atoms with Gasteiger partial charge in [-0.1, -0.05) is 17.7 Å². The lowest BCUT2D eigenvalue weighted by molar-refractivity contribution is -0.120. The maximum absolute atomic E-state index is 12.9. The molecule has 1 aromatic carbocycles. The van der Waals surface area contributed by atoms with E-state index in [1.807, 2.05) is 38.1 Å². The van der Waals surface area contributed by atoms with Crippen molar-refractivity contribution in [1.29, 1.82) is 0 Å². The van der Waals surface area contributed by atoms with Crippen molar-refractivity contribution in [3.05, 3.63) is 46.5 Å². The summed E-state index contributed by atoms with van der Waals surface area (Å²) in [5, 5.41) is 7.79. The Morgan fingerprint density at radius 2 is 1.84 bits per heavy atom. The van der Waals surface area contributed by atoms with Crippen molar-refractivity contribution < 1.29 is 14.4 Å². The van der Waals surface area contributed by atoms with E-state index in [0.29, 0.717) is 22.9 Å². The van der Waals surface area contributed by atoms with Crippen LogP contribution in [-0.2, 0) is 16.0 Å². The van der Waals surface area contributed by atoms with Gasteiger partial charge in [0.05, 0.1) is 12.1 Å². The zero-order chi connectivity index (χ0) is 22.4. The van der Waals surface area contributed by atoms with E-state index in [1.54, 1.807) is 22.4 Å². The van der Waals surface area contributed by atoms with Crippen LogP contribution in [0.1, 0.15) is 34.5 Å². The molecule has 0 saturated heterocycles. The van der Waals surface area contributed by atoms with Gasteiger partial charge in [-0.25, -0.2) is 4.98 Å². The van der Waals surface area contributed by atoms with Crippen molar-refractivity contribution in [3.8, 4) is 0 Å². The van der Waals surface area contributed by atoms with E-state index in [-0.39, 0.29) is 36.7 Å². The van der Waals surface area contributed by atoms with E-state index in [1.165, 1.54) is 11.3 Å². The smallest absolute Gasteiger partial charge is 0.254 e. The molecule has 2 N–H and O–H groups in total. The minimum atomic E-state index is -0.288. The summed E-state index contributed by atoms with van der Waals surface area (Å²) in [5.41, 5.74) is 2.28. The topological polar surface area (TPSA) is 94.6 Å². The summed E-state index contributed by atoms with van der Waals surface area (Å²) in [6.07, 6.45) is 1.99. The van der Waals surface area contributed by atoms with Gasteiger partial charge in [-0.2, -0.15) is 0 Å². The SMILES string of the molecule is Cc1ccc(C(=O)N(CC(=O)Nc2nc(CC(=O)NCCN(C)C)cs2)C2CC2)cc1. The summed E-state index contributed by atoms with van der Waals surface area (Å²) in [6.45, 7) is 3.29. The second-order valence-corrected chi connectivity index (χ2v) is 8.91. The lowest BCUT2D eigenvalue weighted by atomic mass is 10.1. The number of carbonyl (C=O) groups is 3. The van der Waals surface area contributed by atoms with Crippen LogP contribution in [0.15, 0.2) is 29.6 Å². The van der Waals surface area contributed by atoms with Crippen LogP contribution in [0.25, 0.3) is 0 Å². The van der Waals surface area contributed by atoms with E-state index in [4.69, 9.17) is 0 Å². The first-order chi connectivity index (χ1) is 14.8. The third-order valence-corrected chi connectivity index (χ3v) is 5.69. The summed E-state index contributed by atoms with van der Waals surface area (Å²) in [5.74, 6) is -0.524. The van der Waals surface area contributed by atoms with E-state index < -0.39 is 0 Å². The highest BCUT2D eigenvalue weighted by Crippen LogP contribution is 2.28. The zero-order valence-corrected chi connectivity index (χ0v) is 19.0. The molecule has 166 valence electrons. The van der Waals surface area contributed by atoms with Gasteiger partial charge in [-0.05, 0) is 46.0 Å². The molecule has 0 atom stereocenters. The highest BCUT2D eigenvalue weighted by Gasteiger charge is 2.34. The fourth-order valence-electron chi connectivity index (χ4n) is 3.02. The Labute approximate surface area is 186 Å². The minimum Gasteiger partial charge on any atom is -0.354 e. The zero-order valence-electron chi connectivity index (χ0n) is 18.2. The van der Waals surface area contributed by atoms with Gasteiger partial charge in [0.25, 0.3) is 5.91 Å². The first kappa shape index (κ1) is 22.9. The van der Waals surface area contributed by atoms with Crippen LogP contribution in [0.3, 0.4) is 0 Å².